The van der Waals surface area contributed by atoms with Crippen LogP contribution < -0.4 is 0 Å². The smallest absolute Gasteiger partial charge is 0.385 e. The summed E-state index contributed by atoms with van der Waals surface area (Å²) < 4.78 is 116. The van der Waals surface area contributed by atoms with Gasteiger partial charge >= 0.3 is 12.1 Å². The van der Waals surface area contributed by atoms with Crippen molar-refractivity contribution in [3.8, 4) is 11.1 Å². The molecule has 0 aromatic heterocycles. The largest absolute Gasteiger partial charge is 0.456 e. The highest BCUT2D eigenvalue weighted by molar-refractivity contribution is 7.99. The van der Waals surface area contributed by atoms with Crippen LogP contribution >= 0.6 is 0 Å². The summed E-state index contributed by atoms with van der Waals surface area (Å²) in [6.45, 7) is 8.31. The van der Waals surface area contributed by atoms with Gasteiger partial charge in [0.15, 0.2) is 5.79 Å². The molecule has 2 N–H and O–H groups in total. The van der Waals surface area contributed by atoms with Gasteiger partial charge in [0.25, 0.3) is 10.0 Å². The van der Waals surface area contributed by atoms with Crippen LogP contribution in [0, 0.1) is 29.6 Å². The van der Waals surface area contributed by atoms with Crippen molar-refractivity contribution in [1.29, 1.82) is 0 Å². The molecule has 4 fully saturated rings. The number of sulfonamides is 1. The van der Waals surface area contributed by atoms with Crippen molar-refractivity contribution in [2.75, 3.05) is 19.5 Å². The Hall–Kier alpha value is -3.01. The van der Waals surface area contributed by atoms with Gasteiger partial charge in [-0.05, 0) is 110 Å². The third kappa shape index (κ3) is 7.05. The van der Waals surface area contributed by atoms with E-state index in [1.807, 2.05) is 69.3 Å². The monoisotopic (exact) mass is 861 g/mol. The van der Waals surface area contributed by atoms with Crippen molar-refractivity contribution in [1.82, 2.24) is 0 Å². The standard InChI is InChI=1S/C45H52F5NO6S2/c1-28-6-16-33(17-7-28)59(54,55)51-58(5)32-14-12-30(13-15-32)29-8-10-31(11-9-29)35-24-40(4)36(20-23-43(40,53)44(46,47)45(48,49)50)34-18-21-41(52)25-42(22-19-37(41)38(34)35)56-26-39(2,3)27-57-42/h6-17,34-36,52-53H,18-27H2,1-5H3/t34?,35-,36?,40+,41-,43+,58+/m1/s1. The van der Waals surface area contributed by atoms with Crippen molar-refractivity contribution >= 4 is 20.7 Å². The van der Waals surface area contributed by atoms with Crippen LogP contribution in [0.4, 0.5) is 22.0 Å². The molecule has 1 saturated heterocycles. The maximum atomic E-state index is 15.6. The number of ether oxygens (including phenoxy) is 2. The van der Waals surface area contributed by atoms with E-state index in [-0.39, 0.29) is 36.0 Å². The summed E-state index contributed by atoms with van der Waals surface area (Å²) in [6, 6.07) is 21.4. The molecule has 320 valence electrons. The van der Waals surface area contributed by atoms with Gasteiger partial charge in [0.2, 0.25) is 0 Å². The van der Waals surface area contributed by atoms with Crippen LogP contribution in [0.2, 0.25) is 0 Å². The van der Waals surface area contributed by atoms with E-state index in [0.29, 0.717) is 38.0 Å². The summed E-state index contributed by atoms with van der Waals surface area (Å²) in [5.41, 5.74) is -1.64. The molecule has 2 unspecified atom stereocenters. The Bertz CT molecular complexity index is 2280. The summed E-state index contributed by atoms with van der Waals surface area (Å²) in [5, 5.41) is 24.2. The first-order valence-electron chi connectivity index (χ1n) is 20.3. The molecule has 14 heteroatoms. The highest BCUT2D eigenvalue weighted by Crippen LogP contribution is 2.71. The zero-order valence-electron chi connectivity index (χ0n) is 33.9. The Balaban J connectivity index is 1.14. The molecule has 4 aliphatic carbocycles. The average molecular weight is 862 g/mol. The van der Waals surface area contributed by atoms with E-state index in [2.05, 4.69) is 3.77 Å². The Kier molecular flexibility index (Phi) is 10.3. The SMILES string of the molecule is Cc1ccc(S(=O)(=O)N=[S@@](C)c2ccc(-c3ccc([C@H]4C[C@@]5(C)C(CC[C@@]5(O)C(F)(F)C(F)(F)F)C5CC[C@@]6(O)CC7(CCC6=C54)OCC(C)(C)CO7)cc3)cc2)cc1. The van der Waals surface area contributed by atoms with Gasteiger partial charge in [0, 0.05) is 34.5 Å². The first kappa shape index (κ1) is 42.7. The van der Waals surface area contributed by atoms with E-state index < -0.39 is 79.4 Å². The lowest BCUT2D eigenvalue weighted by atomic mass is 9.49. The molecule has 0 amide bonds. The van der Waals surface area contributed by atoms with Crippen LogP contribution in [0.3, 0.4) is 0 Å². The van der Waals surface area contributed by atoms with Crippen LogP contribution in [0.25, 0.3) is 11.1 Å². The minimum atomic E-state index is -5.94. The molecule has 7 atom stereocenters. The highest BCUT2D eigenvalue weighted by Gasteiger charge is 2.79. The summed E-state index contributed by atoms with van der Waals surface area (Å²) in [7, 11) is -4.85. The Morgan fingerprint density at radius 1 is 0.814 bits per heavy atom. The molecular formula is C45H52F5NO6S2. The fourth-order valence-corrected chi connectivity index (χ4v) is 13.9. The number of benzene rings is 3. The number of halogens is 5. The second-order valence-corrected chi connectivity index (χ2v) is 22.1. The van der Waals surface area contributed by atoms with Crippen LogP contribution in [0.1, 0.15) is 89.2 Å². The number of allylic oxidation sites excluding steroid dienone is 1. The lowest BCUT2D eigenvalue weighted by molar-refractivity contribution is -0.362. The molecule has 3 saturated carbocycles. The van der Waals surface area contributed by atoms with E-state index in [1.54, 1.807) is 18.4 Å². The van der Waals surface area contributed by atoms with Crippen molar-refractivity contribution in [3.05, 3.63) is 95.1 Å². The average Bonchev–Trinajstić information content (AvgIpc) is 3.46. The third-order valence-corrected chi connectivity index (χ3v) is 17.8. The number of aryl methyl sites for hydroxylation is 1. The van der Waals surface area contributed by atoms with Crippen molar-refractivity contribution in [3.63, 3.8) is 0 Å². The molecule has 1 heterocycles. The molecular weight excluding hydrogens is 810 g/mol. The molecule has 59 heavy (non-hydrogen) atoms. The summed E-state index contributed by atoms with van der Waals surface area (Å²) in [4.78, 5) is 0.843. The third-order valence-electron chi connectivity index (χ3n) is 14.3. The molecule has 5 aliphatic rings. The Morgan fingerprint density at radius 2 is 1.41 bits per heavy atom. The van der Waals surface area contributed by atoms with E-state index >= 15 is 8.78 Å². The number of hydrogen-bond donors (Lipinski definition) is 2. The van der Waals surface area contributed by atoms with Gasteiger partial charge in [0.1, 0.15) is 5.60 Å². The molecule has 7 nitrogen and oxygen atoms in total. The second kappa shape index (κ2) is 14.3. The molecule has 8 rings (SSSR count). The zero-order valence-corrected chi connectivity index (χ0v) is 35.5. The number of nitrogens with zero attached hydrogens (tertiary/aromatic N) is 1. The maximum Gasteiger partial charge on any atom is 0.456 e. The van der Waals surface area contributed by atoms with Crippen LogP contribution in [0.5, 0.6) is 0 Å². The van der Waals surface area contributed by atoms with Crippen molar-refractivity contribution < 1.29 is 50.1 Å². The first-order chi connectivity index (χ1) is 27.4. The number of rotatable bonds is 6. The predicted molar refractivity (Wildman–Crippen MR) is 215 cm³/mol. The minimum absolute atomic E-state index is 0.00971. The van der Waals surface area contributed by atoms with Crippen molar-refractivity contribution in [2.24, 2.45) is 26.4 Å². The molecule has 1 aliphatic heterocycles. The molecule has 3 aromatic carbocycles. The Morgan fingerprint density at radius 3 is 2.00 bits per heavy atom. The fraction of sp³-hybridized carbons (Fsp3) is 0.556. The van der Waals surface area contributed by atoms with Gasteiger partial charge in [-0.1, -0.05) is 91.1 Å². The van der Waals surface area contributed by atoms with E-state index in [0.717, 1.165) is 32.7 Å². The maximum absolute atomic E-state index is 15.6. The zero-order chi connectivity index (χ0) is 42.6. The number of alkyl halides is 5. The predicted octanol–water partition coefficient (Wildman–Crippen LogP) is 10.1. The van der Waals surface area contributed by atoms with E-state index in [1.165, 1.54) is 19.1 Å². The quantitative estimate of drug-likeness (QED) is 0.189. The summed E-state index contributed by atoms with van der Waals surface area (Å²) >= 11 is 0. The highest BCUT2D eigenvalue weighted by atomic mass is 32.3. The van der Waals surface area contributed by atoms with Crippen molar-refractivity contribution in [2.45, 2.75) is 124 Å². The van der Waals surface area contributed by atoms with Crippen LogP contribution in [0.15, 0.2) is 97.5 Å². The van der Waals surface area contributed by atoms with Gasteiger partial charge in [-0.15, -0.1) is 3.77 Å². The molecule has 3 aromatic rings. The summed E-state index contributed by atoms with van der Waals surface area (Å²) in [5.74, 6) is -8.01. The minimum Gasteiger partial charge on any atom is -0.385 e. The normalized spacial score (nSPS) is 32.4. The van der Waals surface area contributed by atoms with Crippen LogP contribution in [-0.2, 0) is 30.2 Å². The van der Waals surface area contributed by atoms with E-state index in [9.17, 15) is 31.8 Å². The molecule has 1 spiro atoms. The molecule has 0 radical (unpaired) electrons. The van der Waals surface area contributed by atoms with Crippen LogP contribution in [-0.4, -0.2) is 67.2 Å². The lowest BCUT2D eigenvalue weighted by Crippen LogP contribution is -2.65. The fourth-order valence-electron chi connectivity index (χ4n) is 11.0. The number of fused-ring (bicyclic) bond motifs is 4. The Labute approximate surface area is 345 Å². The number of aliphatic hydroxyl groups is 2. The van der Waals surface area contributed by atoms with Gasteiger partial charge in [0.05, 0.1) is 23.7 Å². The second-order valence-electron chi connectivity index (χ2n) is 18.7. The van der Waals surface area contributed by atoms with E-state index in [4.69, 9.17) is 9.47 Å². The number of hydrogen-bond acceptors (Lipinski definition) is 6. The van der Waals surface area contributed by atoms with Gasteiger partial charge in [-0.3, -0.25) is 0 Å². The van der Waals surface area contributed by atoms with Gasteiger partial charge < -0.3 is 19.7 Å². The van der Waals surface area contributed by atoms with Gasteiger partial charge in [-0.25, -0.2) is 0 Å². The van der Waals surface area contributed by atoms with Gasteiger partial charge in [-0.2, -0.15) is 30.4 Å². The molecule has 0 bridgehead atoms. The lowest BCUT2D eigenvalue weighted by Gasteiger charge is -2.59. The summed E-state index contributed by atoms with van der Waals surface area (Å²) in [6.07, 6.45) is -3.29. The first-order valence-corrected chi connectivity index (χ1v) is 23.3. The topological polar surface area (TPSA) is 105 Å².